The van der Waals surface area contributed by atoms with E-state index in [0.717, 1.165) is 5.56 Å². The number of hydrogen-bond donors (Lipinski definition) is 1. The molecule has 9 heteroatoms. The molecule has 0 bridgehead atoms. The van der Waals surface area contributed by atoms with Crippen molar-refractivity contribution in [2.75, 3.05) is 4.72 Å². The molecule has 3 rings (SSSR count). The number of halogens is 1. The maximum atomic E-state index is 12.7. The molecule has 0 unspecified atom stereocenters. The fourth-order valence-corrected chi connectivity index (χ4v) is 3.87. The Morgan fingerprint density at radius 2 is 1.92 bits per heavy atom. The Morgan fingerprint density at radius 3 is 2.62 bits per heavy atom. The van der Waals surface area contributed by atoms with Crippen LogP contribution in [0.15, 0.2) is 59.8 Å². The maximum absolute atomic E-state index is 12.7. The van der Waals surface area contributed by atoms with Gasteiger partial charge in [0, 0.05) is 5.56 Å². The average molecular weight is 391 g/mol. The van der Waals surface area contributed by atoms with E-state index in [9.17, 15) is 13.2 Å². The summed E-state index contributed by atoms with van der Waals surface area (Å²) in [5, 5.41) is 7.60. The molecule has 0 saturated carbocycles. The Morgan fingerprint density at radius 1 is 1.19 bits per heavy atom. The number of nitrogens with one attached hydrogen (secondary N) is 1. The molecule has 0 aliphatic heterocycles. The molecule has 26 heavy (non-hydrogen) atoms. The van der Waals surface area contributed by atoms with Crippen molar-refractivity contribution in [2.24, 2.45) is 0 Å². The van der Waals surface area contributed by atoms with Crippen molar-refractivity contribution < 1.29 is 13.2 Å². The predicted molar refractivity (Wildman–Crippen MR) is 97.8 cm³/mol. The molecule has 134 valence electrons. The highest BCUT2D eigenvalue weighted by Gasteiger charge is 2.22. The summed E-state index contributed by atoms with van der Waals surface area (Å²) >= 11 is 6.02. The summed E-state index contributed by atoms with van der Waals surface area (Å²) in [7, 11) is -4.04. The van der Waals surface area contributed by atoms with Crippen LogP contribution < -0.4 is 4.72 Å². The molecule has 1 heterocycles. The second-order valence-corrected chi connectivity index (χ2v) is 7.63. The van der Waals surface area contributed by atoms with E-state index >= 15 is 0 Å². The first-order valence-corrected chi connectivity index (χ1v) is 9.48. The molecule has 2 aromatic carbocycles. The fourth-order valence-electron chi connectivity index (χ4n) is 2.33. The topological polar surface area (TPSA) is 93.9 Å². The van der Waals surface area contributed by atoms with Gasteiger partial charge in [0.1, 0.15) is 11.2 Å². The van der Waals surface area contributed by atoms with E-state index < -0.39 is 10.0 Å². The van der Waals surface area contributed by atoms with Gasteiger partial charge in [-0.25, -0.2) is 13.1 Å². The number of carbonyl (C=O) groups is 1. The van der Waals surface area contributed by atoms with E-state index in [1.807, 2.05) is 30.3 Å². The van der Waals surface area contributed by atoms with E-state index in [-0.39, 0.29) is 27.2 Å². The molecule has 3 aromatic rings. The molecule has 0 spiro atoms. The van der Waals surface area contributed by atoms with Crippen LogP contribution in [-0.2, 0) is 16.6 Å². The zero-order valence-corrected chi connectivity index (χ0v) is 15.3. The number of anilines is 1. The number of hydrogen-bond acceptors (Lipinski definition) is 5. The van der Waals surface area contributed by atoms with Gasteiger partial charge in [0.05, 0.1) is 11.6 Å². The van der Waals surface area contributed by atoms with E-state index in [0.29, 0.717) is 6.54 Å². The van der Waals surface area contributed by atoms with Crippen molar-refractivity contribution in [2.45, 2.75) is 18.4 Å². The minimum atomic E-state index is -4.04. The van der Waals surface area contributed by atoms with Gasteiger partial charge >= 0.3 is 0 Å². The minimum absolute atomic E-state index is 0.0108. The van der Waals surface area contributed by atoms with Crippen molar-refractivity contribution in [3.05, 3.63) is 71.0 Å². The molecule has 0 aliphatic rings. The number of rotatable bonds is 6. The van der Waals surface area contributed by atoms with Gasteiger partial charge in [0.2, 0.25) is 5.95 Å². The molecular weight excluding hydrogens is 376 g/mol. The monoisotopic (exact) mass is 390 g/mol. The molecule has 0 radical (unpaired) electrons. The molecule has 0 atom stereocenters. The van der Waals surface area contributed by atoms with E-state index in [4.69, 9.17) is 11.6 Å². The average Bonchev–Trinajstić information content (AvgIpc) is 3.02. The second-order valence-electron chi connectivity index (χ2n) is 5.57. The second kappa shape index (κ2) is 7.27. The Bertz CT molecular complexity index is 1050. The van der Waals surface area contributed by atoms with Crippen LogP contribution in [0.3, 0.4) is 0 Å². The van der Waals surface area contributed by atoms with Gasteiger partial charge in [-0.3, -0.25) is 9.36 Å². The van der Waals surface area contributed by atoms with Gasteiger partial charge in [-0.05, 0) is 30.7 Å². The Kier molecular flexibility index (Phi) is 5.06. The van der Waals surface area contributed by atoms with E-state index in [1.165, 1.54) is 31.5 Å². The third-order valence-corrected chi connectivity index (χ3v) is 5.47. The first kappa shape index (κ1) is 18.1. The highest BCUT2D eigenvalue weighted by Crippen LogP contribution is 2.25. The van der Waals surface area contributed by atoms with Crippen molar-refractivity contribution in [1.29, 1.82) is 0 Å². The number of carbonyl (C=O) groups excluding carboxylic acids is 1. The zero-order chi connectivity index (χ0) is 18.7. The lowest BCUT2D eigenvalue weighted by atomic mass is 10.1. The summed E-state index contributed by atoms with van der Waals surface area (Å²) in [4.78, 5) is 11.3. The first-order valence-electron chi connectivity index (χ1n) is 7.62. The predicted octanol–water partition coefficient (Wildman–Crippen LogP) is 2.98. The van der Waals surface area contributed by atoms with Gasteiger partial charge in [-0.1, -0.05) is 41.9 Å². The van der Waals surface area contributed by atoms with Crippen LogP contribution in [0.25, 0.3) is 0 Å². The highest BCUT2D eigenvalue weighted by atomic mass is 35.5. The molecule has 0 fully saturated rings. The normalized spacial score (nSPS) is 11.3. The summed E-state index contributed by atoms with van der Waals surface area (Å²) in [6, 6.07) is 13.6. The molecule has 0 amide bonds. The summed E-state index contributed by atoms with van der Waals surface area (Å²) in [5.41, 5.74) is 1.21. The SMILES string of the molecule is CC(=O)c1ccc(Cl)c(S(=O)(=O)Nc2nncn2Cc2ccccc2)c1. The largest absolute Gasteiger partial charge is 0.295 e. The quantitative estimate of drug-likeness (QED) is 0.653. The Balaban J connectivity index is 1.91. The summed E-state index contributed by atoms with van der Waals surface area (Å²) in [6.45, 7) is 1.75. The van der Waals surface area contributed by atoms with Crippen LogP contribution in [0, 0.1) is 0 Å². The van der Waals surface area contributed by atoms with Crippen LogP contribution >= 0.6 is 11.6 Å². The standard InChI is InChI=1S/C17H15ClN4O3S/c1-12(23)14-7-8-15(18)16(9-14)26(24,25)21-17-20-19-11-22(17)10-13-5-3-2-4-6-13/h2-9,11H,10H2,1H3,(H,20,21). The number of benzene rings is 2. The first-order chi connectivity index (χ1) is 12.4. The zero-order valence-electron chi connectivity index (χ0n) is 13.8. The molecule has 0 saturated heterocycles. The Hall–Kier alpha value is -2.71. The highest BCUT2D eigenvalue weighted by molar-refractivity contribution is 7.92. The maximum Gasteiger partial charge on any atom is 0.265 e. The van der Waals surface area contributed by atoms with Gasteiger partial charge in [-0.2, -0.15) is 0 Å². The van der Waals surface area contributed by atoms with Crippen molar-refractivity contribution in [3.63, 3.8) is 0 Å². The van der Waals surface area contributed by atoms with Crippen molar-refractivity contribution in [1.82, 2.24) is 14.8 Å². The van der Waals surface area contributed by atoms with E-state index in [1.54, 1.807) is 4.57 Å². The molecule has 0 aliphatic carbocycles. The van der Waals surface area contributed by atoms with Crippen LogP contribution in [0.5, 0.6) is 0 Å². The molecule has 1 N–H and O–H groups in total. The van der Waals surface area contributed by atoms with Gasteiger partial charge in [0.25, 0.3) is 10.0 Å². The van der Waals surface area contributed by atoms with Crippen molar-refractivity contribution >= 4 is 33.4 Å². The number of ketones is 1. The smallest absolute Gasteiger partial charge is 0.265 e. The third-order valence-electron chi connectivity index (χ3n) is 3.66. The lowest BCUT2D eigenvalue weighted by Crippen LogP contribution is -2.18. The third kappa shape index (κ3) is 3.92. The molecular formula is C17H15ClN4O3S. The van der Waals surface area contributed by atoms with Crippen LogP contribution in [0.2, 0.25) is 5.02 Å². The number of Topliss-reactive ketones (excluding diaryl/α,β-unsaturated/α-hetero) is 1. The van der Waals surface area contributed by atoms with E-state index in [2.05, 4.69) is 14.9 Å². The lowest BCUT2D eigenvalue weighted by molar-refractivity contribution is 0.101. The number of sulfonamides is 1. The van der Waals surface area contributed by atoms with Crippen LogP contribution in [0.4, 0.5) is 5.95 Å². The van der Waals surface area contributed by atoms with Gasteiger partial charge in [0.15, 0.2) is 5.78 Å². The minimum Gasteiger partial charge on any atom is -0.295 e. The summed E-state index contributed by atoms with van der Waals surface area (Å²) in [6.07, 6.45) is 1.43. The fraction of sp³-hybridized carbons (Fsp3) is 0.118. The number of nitrogens with zero attached hydrogens (tertiary/aromatic N) is 3. The molecule has 7 nitrogen and oxygen atoms in total. The Labute approximate surface area is 155 Å². The number of aromatic nitrogens is 3. The van der Waals surface area contributed by atoms with Gasteiger partial charge < -0.3 is 0 Å². The lowest BCUT2D eigenvalue weighted by Gasteiger charge is -2.11. The summed E-state index contributed by atoms with van der Waals surface area (Å²) < 4.78 is 29.4. The van der Waals surface area contributed by atoms with Crippen molar-refractivity contribution in [3.8, 4) is 0 Å². The van der Waals surface area contributed by atoms with Crippen LogP contribution in [0.1, 0.15) is 22.8 Å². The summed E-state index contributed by atoms with van der Waals surface area (Å²) in [5.74, 6) is -0.205. The van der Waals surface area contributed by atoms with Gasteiger partial charge in [-0.15, -0.1) is 10.2 Å². The van der Waals surface area contributed by atoms with Crippen LogP contribution in [-0.4, -0.2) is 29.0 Å². The molecule has 1 aromatic heterocycles.